The first-order valence-electron chi connectivity index (χ1n) is 8.86. The molecule has 0 aromatic heterocycles. The Bertz CT molecular complexity index is 732. The molecule has 2 N–H and O–H groups in total. The van der Waals surface area contributed by atoms with Gasteiger partial charge in [0.15, 0.2) is 0 Å². The zero-order valence-corrected chi connectivity index (χ0v) is 16.3. The molecule has 0 saturated carbocycles. The Morgan fingerprint density at radius 3 is 2.35 bits per heavy atom. The van der Waals surface area contributed by atoms with Crippen molar-refractivity contribution in [2.24, 2.45) is 5.41 Å². The van der Waals surface area contributed by atoms with Gasteiger partial charge in [-0.25, -0.2) is 4.39 Å². The minimum absolute atomic E-state index is 0.0458. The lowest BCUT2D eigenvalue weighted by Crippen LogP contribution is -2.47. The highest BCUT2D eigenvalue weighted by Crippen LogP contribution is 2.32. The summed E-state index contributed by atoms with van der Waals surface area (Å²) >= 11 is 5.70. The van der Waals surface area contributed by atoms with Crippen molar-refractivity contribution in [2.75, 3.05) is 30.4 Å². The lowest BCUT2D eigenvalue weighted by atomic mass is 9.74. The Kier molecular flexibility index (Phi) is 7.36. The molecule has 1 heterocycles. The second-order valence-electron chi connectivity index (χ2n) is 6.33. The van der Waals surface area contributed by atoms with Gasteiger partial charge in [-0.2, -0.15) is 0 Å². The van der Waals surface area contributed by atoms with Crippen LogP contribution in [-0.4, -0.2) is 27.6 Å². The number of anilines is 3. The average Bonchev–Trinajstić information content (AvgIpc) is 2.61. The molecule has 1 aliphatic heterocycles. The Balaban J connectivity index is 0.00000117. The van der Waals surface area contributed by atoms with Crippen LogP contribution in [0.2, 0.25) is 11.3 Å². The summed E-state index contributed by atoms with van der Waals surface area (Å²) in [6.07, 6.45) is 0.612. The van der Waals surface area contributed by atoms with E-state index in [-0.39, 0.29) is 10.4 Å². The van der Waals surface area contributed by atoms with Crippen molar-refractivity contribution in [3.8, 4) is 0 Å². The monoisotopic (exact) mass is 374 g/mol. The van der Waals surface area contributed by atoms with E-state index < -0.39 is 5.82 Å². The highest BCUT2D eigenvalue weighted by Gasteiger charge is 2.36. The van der Waals surface area contributed by atoms with Crippen molar-refractivity contribution in [1.29, 1.82) is 0 Å². The van der Waals surface area contributed by atoms with E-state index in [0.29, 0.717) is 25.2 Å². The first kappa shape index (κ1) is 20.6. The fourth-order valence-electron chi connectivity index (χ4n) is 2.65. The number of aryl methyl sites for hydroxylation is 1. The number of nitrogens with one attached hydrogen (secondary N) is 2. The van der Waals surface area contributed by atoms with Gasteiger partial charge in [-0.3, -0.25) is 0 Å². The van der Waals surface area contributed by atoms with E-state index in [9.17, 15) is 4.39 Å². The SMILES string of the molecule is CC.[B]CC1(CNc2ccc(Nc3ccc(Cl)c(F)c3)cc2C)COC1. The molecule has 0 aliphatic carbocycles. The highest BCUT2D eigenvalue weighted by molar-refractivity contribution is 6.30. The second kappa shape index (κ2) is 9.29. The molecule has 2 radical (unpaired) electrons. The van der Waals surface area contributed by atoms with Gasteiger partial charge in [-0.05, 0) is 48.9 Å². The van der Waals surface area contributed by atoms with E-state index in [4.69, 9.17) is 24.2 Å². The van der Waals surface area contributed by atoms with Crippen molar-refractivity contribution < 1.29 is 9.13 Å². The van der Waals surface area contributed by atoms with Gasteiger partial charge in [-0.15, -0.1) is 0 Å². The largest absolute Gasteiger partial charge is 0.384 e. The molecule has 0 unspecified atom stereocenters. The molecule has 1 aliphatic rings. The molecule has 0 spiro atoms. The highest BCUT2D eigenvalue weighted by atomic mass is 35.5. The minimum atomic E-state index is -0.438. The smallest absolute Gasteiger partial charge is 0.143 e. The molecule has 3 rings (SSSR count). The molecule has 0 atom stereocenters. The Morgan fingerprint density at radius 1 is 1.15 bits per heavy atom. The third-order valence-electron chi connectivity index (χ3n) is 4.34. The van der Waals surface area contributed by atoms with Crippen LogP contribution in [0.4, 0.5) is 21.5 Å². The second-order valence-corrected chi connectivity index (χ2v) is 6.74. The van der Waals surface area contributed by atoms with Crippen LogP contribution in [-0.2, 0) is 4.74 Å². The number of hydrogen-bond donors (Lipinski definition) is 2. The standard InChI is InChI=1S/C18H19BClFN2O.C2H6/c1-12-6-13(23-14-2-4-15(20)16(21)7-14)3-5-17(12)22-9-18(8-19)10-24-11-18;1-2/h2-7,22-23H,8-11H2,1H3;1-2H3. The molecule has 6 heteroatoms. The van der Waals surface area contributed by atoms with E-state index in [1.165, 1.54) is 12.1 Å². The molecule has 0 amide bonds. The summed E-state index contributed by atoms with van der Waals surface area (Å²) in [5.74, 6) is -0.438. The van der Waals surface area contributed by atoms with Crippen LogP contribution in [0, 0.1) is 18.2 Å². The summed E-state index contributed by atoms with van der Waals surface area (Å²) in [5, 5.41) is 6.74. The van der Waals surface area contributed by atoms with E-state index in [1.807, 2.05) is 39.0 Å². The molecule has 1 fully saturated rings. The van der Waals surface area contributed by atoms with Gasteiger partial charge in [0.1, 0.15) is 5.82 Å². The molecule has 26 heavy (non-hydrogen) atoms. The van der Waals surface area contributed by atoms with Crippen molar-refractivity contribution in [3.63, 3.8) is 0 Å². The van der Waals surface area contributed by atoms with Gasteiger partial charge >= 0.3 is 0 Å². The molecular weight excluding hydrogens is 349 g/mol. The maximum Gasteiger partial charge on any atom is 0.143 e. The summed E-state index contributed by atoms with van der Waals surface area (Å²) < 4.78 is 18.8. The summed E-state index contributed by atoms with van der Waals surface area (Å²) in [4.78, 5) is 0. The molecule has 2 aromatic rings. The number of rotatable bonds is 6. The van der Waals surface area contributed by atoms with Crippen molar-refractivity contribution >= 4 is 36.5 Å². The van der Waals surface area contributed by atoms with E-state index in [0.717, 1.165) is 23.5 Å². The molecule has 138 valence electrons. The van der Waals surface area contributed by atoms with Gasteiger partial charge in [0.25, 0.3) is 0 Å². The molecule has 0 bridgehead atoms. The predicted octanol–water partition coefficient (Wildman–Crippen LogP) is 5.57. The van der Waals surface area contributed by atoms with Crippen LogP contribution >= 0.6 is 11.6 Å². The molecule has 2 aromatic carbocycles. The summed E-state index contributed by atoms with van der Waals surface area (Å²) in [6, 6.07) is 10.6. The third-order valence-corrected chi connectivity index (χ3v) is 4.64. The van der Waals surface area contributed by atoms with Gasteiger partial charge in [0, 0.05) is 29.0 Å². The van der Waals surface area contributed by atoms with Crippen LogP contribution < -0.4 is 10.6 Å². The van der Waals surface area contributed by atoms with Crippen LogP contribution in [0.25, 0.3) is 0 Å². The number of hydrogen-bond acceptors (Lipinski definition) is 3. The number of benzene rings is 2. The van der Waals surface area contributed by atoms with Crippen LogP contribution in [0.1, 0.15) is 19.4 Å². The number of halogens is 2. The van der Waals surface area contributed by atoms with Gasteiger partial charge in [-0.1, -0.05) is 31.8 Å². The lowest BCUT2D eigenvalue weighted by molar-refractivity contribution is -0.0918. The zero-order chi connectivity index (χ0) is 19.2. The maximum atomic E-state index is 13.5. The number of ether oxygens (including phenoxy) is 1. The quantitative estimate of drug-likeness (QED) is 0.648. The molecule has 1 saturated heterocycles. The summed E-state index contributed by atoms with van der Waals surface area (Å²) in [7, 11) is 5.83. The average molecular weight is 375 g/mol. The third kappa shape index (κ3) is 4.92. The lowest BCUT2D eigenvalue weighted by Gasteiger charge is -2.41. The van der Waals surface area contributed by atoms with E-state index >= 15 is 0 Å². The zero-order valence-electron chi connectivity index (χ0n) is 15.5. The topological polar surface area (TPSA) is 33.3 Å². The Hall–Kier alpha value is -1.72. The Labute approximate surface area is 161 Å². The fraction of sp³-hybridized carbons (Fsp3) is 0.400. The minimum Gasteiger partial charge on any atom is -0.384 e. The van der Waals surface area contributed by atoms with Gasteiger partial charge < -0.3 is 15.4 Å². The Morgan fingerprint density at radius 2 is 1.81 bits per heavy atom. The first-order chi connectivity index (χ1) is 12.5. The normalized spacial score (nSPS) is 14.7. The summed E-state index contributed by atoms with van der Waals surface area (Å²) in [6.45, 7) is 8.23. The van der Waals surface area contributed by atoms with Crippen molar-refractivity contribution in [1.82, 2.24) is 0 Å². The predicted molar refractivity (Wildman–Crippen MR) is 110 cm³/mol. The van der Waals surface area contributed by atoms with Crippen LogP contribution in [0.5, 0.6) is 0 Å². The molecule has 3 nitrogen and oxygen atoms in total. The van der Waals surface area contributed by atoms with E-state index in [1.54, 1.807) is 6.07 Å². The first-order valence-corrected chi connectivity index (χ1v) is 9.24. The van der Waals surface area contributed by atoms with Crippen LogP contribution in [0.15, 0.2) is 36.4 Å². The fourth-order valence-corrected chi connectivity index (χ4v) is 2.76. The van der Waals surface area contributed by atoms with Crippen molar-refractivity contribution in [2.45, 2.75) is 27.1 Å². The van der Waals surface area contributed by atoms with Gasteiger partial charge in [0.2, 0.25) is 0 Å². The van der Waals surface area contributed by atoms with Crippen molar-refractivity contribution in [3.05, 3.63) is 52.8 Å². The molecular formula is C20H25BClFN2O. The van der Waals surface area contributed by atoms with Crippen LogP contribution in [0.3, 0.4) is 0 Å². The maximum absolute atomic E-state index is 13.5. The summed E-state index contributed by atoms with van der Waals surface area (Å²) in [5.41, 5.74) is 3.75. The van der Waals surface area contributed by atoms with E-state index in [2.05, 4.69) is 10.6 Å². The van der Waals surface area contributed by atoms with Gasteiger partial charge in [0.05, 0.1) is 26.1 Å².